The van der Waals surface area contributed by atoms with E-state index in [0.717, 1.165) is 60.3 Å². The molecule has 0 saturated heterocycles. The summed E-state index contributed by atoms with van der Waals surface area (Å²) in [6, 6.07) is 8.09. The largest absolute Gasteiger partial charge is 0.383 e. The van der Waals surface area contributed by atoms with Crippen LogP contribution in [0.1, 0.15) is 46.8 Å². The van der Waals surface area contributed by atoms with Crippen molar-refractivity contribution in [3.05, 3.63) is 47.0 Å². The summed E-state index contributed by atoms with van der Waals surface area (Å²) >= 11 is 0. The Labute approximate surface area is 164 Å². The van der Waals surface area contributed by atoms with Gasteiger partial charge in [-0.2, -0.15) is 5.10 Å². The quantitative estimate of drug-likeness (QED) is 0.616. The fourth-order valence-corrected chi connectivity index (χ4v) is 3.97. The molecule has 0 fully saturated rings. The molecular weight excluding hydrogens is 354 g/mol. The smallest absolute Gasteiger partial charge is 0.272 e. The third kappa shape index (κ3) is 3.80. The van der Waals surface area contributed by atoms with Crippen LogP contribution in [0.4, 0.5) is 0 Å². The van der Waals surface area contributed by atoms with Crippen LogP contribution in [0.2, 0.25) is 0 Å². The van der Waals surface area contributed by atoms with Crippen LogP contribution in [0.25, 0.3) is 11.0 Å². The molecule has 0 saturated carbocycles. The highest BCUT2D eigenvalue weighted by molar-refractivity contribution is 5.94. The molecule has 0 aliphatic heterocycles. The lowest BCUT2D eigenvalue weighted by Crippen LogP contribution is -2.28. The van der Waals surface area contributed by atoms with Gasteiger partial charge in [0.05, 0.1) is 17.6 Å². The molecule has 1 aliphatic rings. The maximum atomic E-state index is 12.7. The van der Waals surface area contributed by atoms with Crippen LogP contribution < -0.4 is 5.32 Å². The monoisotopic (exact) mass is 381 g/mol. The third-order valence-electron chi connectivity index (χ3n) is 5.41. The number of aromatic nitrogens is 4. The molecule has 0 radical (unpaired) electrons. The van der Waals surface area contributed by atoms with Gasteiger partial charge in [-0.15, -0.1) is 0 Å². The van der Waals surface area contributed by atoms with Crippen LogP contribution in [-0.2, 0) is 30.5 Å². The van der Waals surface area contributed by atoms with E-state index in [-0.39, 0.29) is 5.91 Å². The number of carbonyl (C=O) groups excluding carboxylic acids is 1. The fourth-order valence-electron chi connectivity index (χ4n) is 3.97. The molecule has 1 amide bonds. The van der Waals surface area contributed by atoms with Gasteiger partial charge in [-0.1, -0.05) is 18.6 Å². The topological polar surface area (TPSA) is 84.8 Å². The number of rotatable bonds is 7. The second kappa shape index (κ2) is 8.56. The number of H-pyrrole nitrogens is 1. The molecule has 2 aromatic heterocycles. The maximum Gasteiger partial charge on any atom is 0.272 e. The van der Waals surface area contributed by atoms with Crippen molar-refractivity contribution >= 4 is 16.9 Å². The van der Waals surface area contributed by atoms with Gasteiger partial charge in [-0.05, 0) is 37.8 Å². The lowest BCUT2D eigenvalue weighted by Gasteiger charge is -2.09. The molecule has 2 heterocycles. The lowest BCUT2D eigenvalue weighted by atomic mass is 10.1. The van der Waals surface area contributed by atoms with Crippen LogP contribution in [0.15, 0.2) is 24.3 Å². The molecule has 0 spiro atoms. The molecule has 2 N–H and O–H groups in total. The number of carbonyl (C=O) groups is 1. The molecule has 0 unspecified atom stereocenters. The summed E-state index contributed by atoms with van der Waals surface area (Å²) in [5, 5.41) is 10.4. The number of para-hydroxylation sites is 2. The first-order valence-corrected chi connectivity index (χ1v) is 10.1. The van der Waals surface area contributed by atoms with E-state index in [1.165, 1.54) is 6.42 Å². The Bertz CT molecular complexity index is 959. The number of aromatic amines is 1. The van der Waals surface area contributed by atoms with Crippen LogP contribution in [-0.4, -0.2) is 45.9 Å². The van der Waals surface area contributed by atoms with Crippen LogP contribution in [0, 0.1) is 0 Å². The van der Waals surface area contributed by atoms with E-state index in [1.54, 1.807) is 7.11 Å². The van der Waals surface area contributed by atoms with Crippen molar-refractivity contribution in [3.63, 3.8) is 0 Å². The van der Waals surface area contributed by atoms with E-state index in [1.807, 2.05) is 18.2 Å². The van der Waals surface area contributed by atoms with Crippen molar-refractivity contribution in [1.29, 1.82) is 0 Å². The van der Waals surface area contributed by atoms with Gasteiger partial charge in [0.25, 0.3) is 5.91 Å². The molecule has 28 heavy (non-hydrogen) atoms. The van der Waals surface area contributed by atoms with Crippen molar-refractivity contribution in [1.82, 2.24) is 25.1 Å². The van der Waals surface area contributed by atoms with E-state index in [9.17, 15) is 4.79 Å². The first-order valence-electron chi connectivity index (χ1n) is 10.1. The Morgan fingerprint density at radius 3 is 3.00 bits per heavy atom. The van der Waals surface area contributed by atoms with Gasteiger partial charge in [0.2, 0.25) is 0 Å². The van der Waals surface area contributed by atoms with Gasteiger partial charge in [0, 0.05) is 37.9 Å². The predicted octanol–water partition coefficient (Wildman–Crippen LogP) is 2.65. The number of benzene rings is 1. The third-order valence-corrected chi connectivity index (χ3v) is 5.41. The van der Waals surface area contributed by atoms with E-state index in [4.69, 9.17) is 9.72 Å². The average molecular weight is 381 g/mol. The van der Waals surface area contributed by atoms with Gasteiger partial charge in [-0.25, -0.2) is 4.98 Å². The van der Waals surface area contributed by atoms with E-state index < -0.39 is 0 Å². The standard InChI is InChI=1S/C21H27N5O2/c1-28-14-13-26-18-10-6-5-9-17(18)23-19(26)11-12-22-21(27)20-15-7-3-2-4-8-16(15)24-25-20/h5-6,9-10H,2-4,7-8,11-14H2,1H3,(H,22,27)(H,24,25). The summed E-state index contributed by atoms with van der Waals surface area (Å²) in [6.45, 7) is 1.89. The number of aryl methyl sites for hydroxylation is 1. The number of hydrogen-bond donors (Lipinski definition) is 2. The number of ether oxygens (including phenoxy) is 1. The first-order chi connectivity index (χ1) is 13.8. The molecular formula is C21H27N5O2. The Hall–Kier alpha value is -2.67. The zero-order valence-electron chi connectivity index (χ0n) is 16.3. The van der Waals surface area contributed by atoms with E-state index in [0.29, 0.717) is 25.3 Å². The van der Waals surface area contributed by atoms with Crippen molar-refractivity contribution < 1.29 is 9.53 Å². The lowest BCUT2D eigenvalue weighted by molar-refractivity contribution is 0.0948. The number of methoxy groups -OCH3 is 1. The van der Waals surface area contributed by atoms with E-state index in [2.05, 4.69) is 26.1 Å². The highest BCUT2D eigenvalue weighted by Gasteiger charge is 2.20. The number of nitrogens with one attached hydrogen (secondary N) is 2. The van der Waals surface area contributed by atoms with Gasteiger partial charge >= 0.3 is 0 Å². The minimum Gasteiger partial charge on any atom is -0.383 e. The number of hydrogen-bond acceptors (Lipinski definition) is 4. The summed E-state index contributed by atoms with van der Waals surface area (Å²) < 4.78 is 7.42. The van der Waals surface area contributed by atoms with Gasteiger partial charge in [-0.3, -0.25) is 9.89 Å². The SMILES string of the molecule is COCCn1c(CCNC(=O)c2n[nH]c3c2CCCCC3)nc2ccccc21. The predicted molar refractivity (Wildman–Crippen MR) is 107 cm³/mol. The normalized spacial score (nSPS) is 14.0. The minimum atomic E-state index is -0.0982. The van der Waals surface area contributed by atoms with Crippen molar-refractivity contribution in [2.24, 2.45) is 0 Å². The second-order valence-corrected chi connectivity index (χ2v) is 7.26. The summed E-state index contributed by atoms with van der Waals surface area (Å²) in [5.74, 6) is 0.860. The molecule has 1 aliphatic carbocycles. The van der Waals surface area contributed by atoms with Crippen molar-refractivity contribution in [3.8, 4) is 0 Å². The number of imidazole rings is 1. The maximum absolute atomic E-state index is 12.7. The first kappa shape index (κ1) is 18.7. The van der Waals surface area contributed by atoms with Crippen molar-refractivity contribution in [2.45, 2.75) is 45.1 Å². The zero-order valence-corrected chi connectivity index (χ0v) is 16.3. The number of fused-ring (bicyclic) bond motifs is 2. The summed E-state index contributed by atoms with van der Waals surface area (Å²) in [7, 11) is 1.70. The average Bonchev–Trinajstić information content (AvgIpc) is 3.19. The highest BCUT2D eigenvalue weighted by atomic mass is 16.5. The highest BCUT2D eigenvalue weighted by Crippen LogP contribution is 2.21. The number of nitrogens with zero attached hydrogens (tertiary/aromatic N) is 3. The summed E-state index contributed by atoms with van der Waals surface area (Å²) in [5.41, 5.74) is 4.85. The summed E-state index contributed by atoms with van der Waals surface area (Å²) in [6.07, 6.45) is 6.07. The molecule has 3 aromatic rings. The van der Waals surface area contributed by atoms with Gasteiger partial charge in [0.15, 0.2) is 5.69 Å². The molecule has 4 rings (SSSR count). The Morgan fingerprint density at radius 2 is 2.11 bits per heavy atom. The van der Waals surface area contributed by atoms with Gasteiger partial charge in [0.1, 0.15) is 5.82 Å². The second-order valence-electron chi connectivity index (χ2n) is 7.26. The molecule has 148 valence electrons. The van der Waals surface area contributed by atoms with Crippen LogP contribution >= 0.6 is 0 Å². The van der Waals surface area contributed by atoms with Crippen LogP contribution in [0.5, 0.6) is 0 Å². The molecule has 0 atom stereocenters. The Balaban J connectivity index is 1.44. The van der Waals surface area contributed by atoms with Gasteiger partial charge < -0.3 is 14.6 Å². The minimum absolute atomic E-state index is 0.0982. The Morgan fingerprint density at radius 1 is 1.25 bits per heavy atom. The Kier molecular flexibility index (Phi) is 5.71. The molecule has 7 heteroatoms. The molecule has 0 bridgehead atoms. The number of amides is 1. The summed E-state index contributed by atoms with van der Waals surface area (Å²) in [4.78, 5) is 17.4. The molecule has 7 nitrogen and oxygen atoms in total. The van der Waals surface area contributed by atoms with E-state index >= 15 is 0 Å². The van der Waals surface area contributed by atoms with Crippen LogP contribution in [0.3, 0.4) is 0 Å². The molecule has 1 aromatic carbocycles. The fraction of sp³-hybridized carbons (Fsp3) is 0.476. The zero-order chi connectivity index (χ0) is 19.3. The van der Waals surface area contributed by atoms with Crippen molar-refractivity contribution in [2.75, 3.05) is 20.3 Å².